The van der Waals surface area contributed by atoms with Crippen LogP contribution in [-0.4, -0.2) is 8.65 Å². The lowest BCUT2D eigenvalue weighted by Gasteiger charge is -2.06. The van der Waals surface area contributed by atoms with E-state index >= 15 is 0 Å². The van der Waals surface area contributed by atoms with Gasteiger partial charge in [-0.25, -0.2) is 0 Å². The Kier molecular flexibility index (Phi) is 1.23. The molecule has 2 atom stereocenters. The molecule has 0 radical (unpaired) electrons. The van der Waals surface area contributed by atoms with Crippen molar-refractivity contribution >= 4 is 31.9 Å². The largest absolute Gasteiger partial charge is 0.0850 e. The molecule has 0 nitrogen and oxygen atoms in total. The van der Waals surface area contributed by atoms with E-state index in [1.54, 1.807) is 25.7 Å². The maximum absolute atomic E-state index is 4.13. The summed E-state index contributed by atoms with van der Waals surface area (Å²) >= 11 is 8.25. The monoisotopic (exact) mass is 356 g/mol. The van der Waals surface area contributed by atoms with Crippen molar-refractivity contribution in [1.29, 1.82) is 0 Å². The van der Waals surface area contributed by atoms with E-state index in [2.05, 4.69) is 31.9 Å². The molecule has 6 rings (SSSR count). The first-order chi connectivity index (χ1) is 8.06. The van der Waals surface area contributed by atoms with Gasteiger partial charge in [0.05, 0.1) is 0 Å². The average Bonchev–Trinajstić information content (AvgIpc) is 3.03. The van der Waals surface area contributed by atoms with E-state index < -0.39 is 0 Å². The number of fused-ring (bicyclic) bond motifs is 2. The van der Waals surface area contributed by atoms with Crippen LogP contribution in [0.3, 0.4) is 0 Å². The molecule has 2 heteroatoms. The summed E-state index contributed by atoms with van der Waals surface area (Å²) in [7, 11) is 0. The fourth-order valence-electron chi connectivity index (χ4n) is 6.78. The zero-order chi connectivity index (χ0) is 11.3. The molecule has 3 spiro atoms. The van der Waals surface area contributed by atoms with Gasteiger partial charge in [-0.2, -0.15) is 0 Å². The predicted octanol–water partition coefficient (Wildman–Crippen LogP) is 4.65. The van der Waals surface area contributed by atoms with Gasteiger partial charge in [-0.15, -0.1) is 0 Å². The molecule has 6 aliphatic rings. The lowest BCUT2D eigenvalue weighted by Crippen LogP contribution is -2.07. The smallest absolute Gasteiger partial charge is 0.0298 e. The van der Waals surface area contributed by atoms with Gasteiger partial charge in [0.15, 0.2) is 0 Å². The Labute approximate surface area is 120 Å². The Bertz CT molecular complexity index is 419. The molecular weight excluding hydrogens is 340 g/mol. The van der Waals surface area contributed by atoms with Gasteiger partial charge in [0, 0.05) is 8.65 Å². The fourth-order valence-corrected chi connectivity index (χ4v) is 8.77. The van der Waals surface area contributed by atoms with E-state index in [9.17, 15) is 0 Å². The van der Waals surface area contributed by atoms with Gasteiger partial charge in [-0.3, -0.25) is 0 Å². The SMILES string of the molecule is BrC1([C@H]2C3(CC3)C23[C@@H](C2(Br)CC2)C32CC2)CC1. The summed E-state index contributed by atoms with van der Waals surface area (Å²) in [5, 5.41) is 0. The maximum atomic E-state index is 4.13. The highest BCUT2D eigenvalue weighted by molar-refractivity contribution is 9.10. The van der Waals surface area contributed by atoms with Crippen LogP contribution in [0.2, 0.25) is 0 Å². The van der Waals surface area contributed by atoms with E-state index in [1.165, 1.54) is 25.7 Å². The third-order valence-electron chi connectivity index (χ3n) is 7.56. The second-order valence-corrected chi connectivity index (χ2v) is 11.3. The van der Waals surface area contributed by atoms with Crippen LogP contribution in [0, 0.1) is 28.1 Å². The van der Waals surface area contributed by atoms with Crippen LogP contribution in [0.4, 0.5) is 0 Å². The van der Waals surface area contributed by atoms with E-state index in [0.717, 1.165) is 28.1 Å². The predicted molar refractivity (Wildman–Crippen MR) is 74.5 cm³/mol. The number of hydrogen-bond donors (Lipinski definition) is 0. The van der Waals surface area contributed by atoms with Gasteiger partial charge in [-0.1, -0.05) is 31.9 Å². The summed E-state index contributed by atoms with van der Waals surface area (Å²) in [6.07, 6.45) is 12.2. The standard InChI is InChI=1S/C15H18Br2/c16-13(5-6-13)9-11(1-2-11)15(9)10(12(15)3-4-12)14(17)7-8-14/h9-10H,1-8H2/t9-,10-,15?/m1/s1. The highest BCUT2D eigenvalue weighted by Gasteiger charge is 3.07. The molecule has 0 heterocycles. The second-order valence-electron chi connectivity index (χ2n) is 8.12. The Morgan fingerprint density at radius 3 is 1.18 bits per heavy atom. The van der Waals surface area contributed by atoms with Gasteiger partial charge in [0.25, 0.3) is 0 Å². The van der Waals surface area contributed by atoms with Gasteiger partial charge >= 0.3 is 0 Å². The minimum atomic E-state index is 0.617. The molecular formula is C15H18Br2. The molecule has 6 aliphatic carbocycles. The number of rotatable bonds is 2. The van der Waals surface area contributed by atoms with Crippen molar-refractivity contribution in [3.8, 4) is 0 Å². The lowest BCUT2D eigenvalue weighted by molar-refractivity contribution is 0.572. The topological polar surface area (TPSA) is 0 Å². The van der Waals surface area contributed by atoms with Gasteiger partial charge in [-0.05, 0) is 79.4 Å². The molecule has 0 aromatic carbocycles. The molecule has 0 bridgehead atoms. The van der Waals surface area contributed by atoms with E-state index in [0.29, 0.717) is 8.65 Å². The van der Waals surface area contributed by atoms with Crippen LogP contribution in [0.1, 0.15) is 51.4 Å². The minimum Gasteiger partial charge on any atom is -0.0850 e. The normalized spacial score (nSPS) is 58.2. The number of halogens is 2. The van der Waals surface area contributed by atoms with Crippen molar-refractivity contribution in [2.45, 2.75) is 60.0 Å². The molecule has 0 aliphatic heterocycles. The van der Waals surface area contributed by atoms with Crippen molar-refractivity contribution in [2.75, 3.05) is 0 Å². The van der Waals surface area contributed by atoms with Gasteiger partial charge < -0.3 is 0 Å². The van der Waals surface area contributed by atoms with Crippen LogP contribution < -0.4 is 0 Å². The van der Waals surface area contributed by atoms with Crippen molar-refractivity contribution < 1.29 is 0 Å². The molecule has 0 N–H and O–H groups in total. The van der Waals surface area contributed by atoms with Crippen LogP contribution in [0.25, 0.3) is 0 Å². The first-order valence-corrected chi connectivity index (χ1v) is 9.02. The van der Waals surface area contributed by atoms with E-state index in [-0.39, 0.29) is 0 Å². The Morgan fingerprint density at radius 1 is 0.588 bits per heavy atom. The first kappa shape index (κ1) is 9.80. The van der Waals surface area contributed by atoms with E-state index in [1.807, 2.05) is 0 Å². The molecule has 0 aromatic heterocycles. The van der Waals surface area contributed by atoms with Gasteiger partial charge in [0.2, 0.25) is 0 Å². The quantitative estimate of drug-likeness (QED) is 0.631. The second kappa shape index (κ2) is 2.14. The van der Waals surface area contributed by atoms with Gasteiger partial charge in [0.1, 0.15) is 0 Å². The van der Waals surface area contributed by atoms with Crippen LogP contribution in [0.5, 0.6) is 0 Å². The third kappa shape index (κ3) is 0.754. The molecule has 6 saturated carbocycles. The molecule has 0 unspecified atom stereocenters. The molecule has 0 amide bonds. The zero-order valence-corrected chi connectivity index (χ0v) is 13.2. The lowest BCUT2D eigenvalue weighted by atomic mass is 10.1. The molecule has 0 aromatic rings. The third-order valence-corrected chi connectivity index (χ3v) is 10.1. The Hall–Kier alpha value is 0.960. The molecule has 0 saturated heterocycles. The maximum Gasteiger partial charge on any atom is 0.0298 e. The zero-order valence-electron chi connectivity index (χ0n) is 10.1. The van der Waals surface area contributed by atoms with Crippen molar-refractivity contribution in [3.05, 3.63) is 0 Å². The van der Waals surface area contributed by atoms with Crippen LogP contribution in [0.15, 0.2) is 0 Å². The fraction of sp³-hybridized carbons (Fsp3) is 1.00. The Morgan fingerprint density at radius 2 is 0.941 bits per heavy atom. The summed E-state index contributed by atoms with van der Waals surface area (Å²) in [5.41, 5.74) is 2.56. The summed E-state index contributed by atoms with van der Waals surface area (Å²) in [6, 6.07) is 0. The summed E-state index contributed by atoms with van der Waals surface area (Å²) in [4.78, 5) is 0. The molecule has 6 fully saturated rings. The minimum absolute atomic E-state index is 0.617. The highest BCUT2D eigenvalue weighted by atomic mass is 79.9. The van der Waals surface area contributed by atoms with Crippen molar-refractivity contribution in [2.24, 2.45) is 28.1 Å². The Balaban J connectivity index is 1.50. The van der Waals surface area contributed by atoms with Crippen LogP contribution in [-0.2, 0) is 0 Å². The van der Waals surface area contributed by atoms with Crippen molar-refractivity contribution in [1.82, 2.24) is 0 Å². The summed E-state index contributed by atoms with van der Waals surface area (Å²) < 4.78 is 1.23. The highest BCUT2D eigenvalue weighted by Crippen LogP contribution is 3.10. The number of alkyl halides is 2. The van der Waals surface area contributed by atoms with Crippen molar-refractivity contribution in [3.63, 3.8) is 0 Å². The number of hydrogen-bond acceptors (Lipinski definition) is 0. The summed E-state index contributed by atoms with van der Waals surface area (Å²) in [6.45, 7) is 0. The van der Waals surface area contributed by atoms with Crippen LogP contribution >= 0.6 is 31.9 Å². The summed E-state index contributed by atoms with van der Waals surface area (Å²) in [5.74, 6) is 2.18. The first-order valence-electron chi connectivity index (χ1n) is 7.44. The average molecular weight is 358 g/mol. The van der Waals surface area contributed by atoms with E-state index in [4.69, 9.17) is 0 Å². The molecule has 17 heavy (non-hydrogen) atoms. The molecule has 92 valence electrons.